The fourth-order valence-corrected chi connectivity index (χ4v) is 1.50. The van der Waals surface area contributed by atoms with Crippen molar-refractivity contribution < 1.29 is 5.11 Å². The van der Waals surface area contributed by atoms with Crippen LogP contribution in [0.5, 0.6) is 0 Å². The van der Waals surface area contributed by atoms with Gasteiger partial charge >= 0.3 is 0 Å². The van der Waals surface area contributed by atoms with Crippen LogP contribution >= 0.6 is 11.8 Å². The average molecular weight is 177 g/mol. The molecule has 0 aliphatic rings. The SMILES string of the molecule is CNC(C)(CO)CC(C)SC. The highest BCUT2D eigenvalue weighted by Crippen LogP contribution is 2.18. The molecule has 0 radical (unpaired) electrons. The number of thioether (sulfide) groups is 1. The van der Waals surface area contributed by atoms with Crippen molar-refractivity contribution in [3.8, 4) is 0 Å². The molecule has 0 saturated carbocycles. The first-order valence-electron chi connectivity index (χ1n) is 3.90. The molecule has 0 aromatic carbocycles. The number of aliphatic hydroxyl groups is 1. The van der Waals surface area contributed by atoms with Gasteiger partial charge in [0.1, 0.15) is 0 Å². The number of nitrogens with one attached hydrogen (secondary N) is 1. The first kappa shape index (κ1) is 11.3. The molecule has 68 valence electrons. The van der Waals surface area contributed by atoms with E-state index in [9.17, 15) is 0 Å². The number of aliphatic hydroxyl groups excluding tert-OH is 1. The molecule has 0 rings (SSSR count). The molecular formula is C8H19NOS. The van der Waals surface area contributed by atoms with Crippen molar-refractivity contribution in [1.29, 1.82) is 0 Å². The summed E-state index contributed by atoms with van der Waals surface area (Å²) in [5.41, 5.74) is -0.109. The summed E-state index contributed by atoms with van der Waals surface area (Å²) in [6.07, 6.45) is 3.10. The maximum absolute atomic E-state index is 9.06. The zero-order chi connectivity index (χ0) is 8.91. The minimum Gasteiger partial charge on any atom is -0.394 e. The van der Waals surface area contributed by atoms with Crippen molar-refractivity contribution in [3.63, 3.8) is 0 Å². The van der Waals surface area contributed by atoms with Crippen LogP contribution in [0.25, 0.3) is 0 Å². The molecule has 0 spiro atoms. The highest BCUT2D eigenvalue weighted by atomic mass is 32.2. The normalized spacial score (nSPS) is 19.4. The van der Waals surface area contributed by atoms with E-state index in [0.29, 0.717) is 5.25 Å². The highest BCUT2D eigenvalue weighted by molar-refractivity contribution is 7.99. The van der Waals surface area contributed by atoms with Crippen molar-refractivity contribution in [3.05, 3.63) is 0 Å². The van der Waals surface area contributed by atoms with Crippen LogP contribution in [0.4, 0.5) is 0 Å². The number of hydrogen-bond donors (Lipinski definition) is 2. The maximum Gasteiger partial charge on any atom is 0.0610 e. The molecule has 0 bridgehead atoms. The Labute approximate surface area is 73.8 Å². The van der Waals surface area contributed by atoms with Gasteiger partial charge in [-0.15, -0.1) is 0 Å². The van der Waals surface area contributed by atoms with Gasteiger partial charge in [-0.1, -0.05) is 6.92 Å². The Kier molecular flexibility index (Phi) is 5.13. The Morgan fingerprint density at radius 3 is 2.45 bits per heavy atom. The van der Waals surface area contributed by atoms with E-state index in [4.69, 9.17) is 5.11 Å². The van der Waals surface area contributed by atoms with E-state index in [2.05, 4.69) is 18.5 Å². The molecule has 0 aromatic rings. The fraction of sp³-hybridized carbons (Fsp3) is 1.00. The number of hydrogen-bond acceptors (Lipinski definition) is 3. The third-order valence-corrected chi connectivity index (χ3v) is 3.06. The zero-order valence-electron chi connectivity index (χ0n) is 7.85. The summed E-state index contributed by atoms with van der Waals surface area (Å²) >= 11 is 1.83. The standard InChI is InChI=1S/C8H19NOS/c1-7(11-4)5-8(2,6-10)9-3/h7,9-10H,5-6H2,1-4H3. The molecule has 2 N–H and O–H groups in total. The smallest absolute Gasteiger partial charge is 0.0610 e. The summed E-state index contributed by atoms with van der Waals surface area (Å²) in [6, 6.07) is 0. The lowest BCUT2D eigenvalue weighted by Gasteiger charge is -2.29. The third-order valence-electron chi connectivity index (χ3n) is 2.09. The van der Waals surface area contributed by atoms with Crippen LogP contribution in [-0.4, -0.2) is 35.8 Å². The molecule has 11 heavy (non-hydrogen) atoms. The van der Waals surface area contributed by atoms with Gasteiger partial charge in [0, 0.05) is 10.8 Å². The molecule has 3 heteroatoms. The average Bonchev–Trinajstić information content (AvgIpc) is 2.04. The van der Waals surface area contributed by atoms with Gasteiger partial charge < -0.3 is 10.4 Å². The van der Waals surface area contributed by atoms with Gasteiger partial charge in [0.05, 0.1) is 6.61 Å². The van der Waals surface area contributed by atoms with E-state index in [0.717, 1.165) is 6.42 Å². The minimum atomic E-state index is -0.109. The van der Waals surface area contributed by atoms with Gasteiger partial charge in [-0.2, -0.15) is 11.8 Å². The first-order chi connectivity index (χ1) is 5.08. The second kappa shape index (κ2) is 5.01. The Morgan fingerprint density at radius 2 is 2.18 bits per heavy atom. The molecule has 0 fully saturated rings. The Hall–Kier alpha value is 0.270. The van der Waals surface area contributed by atoms with E-state index < -0.39 is 0 Å². The Morgan fingerprint density at radius 1 is 1.64 bits per heavy atom. The zero-order valence-corrected chi connectivity index (χ0v) is 8.66. The molecule has 0 amide bonds. The van der Waals surface area contributed by atoms with Gasteiger partial charge in [-0.05, 0) is 26.6 Å². The second-order valence-electron chi connectivity index (χ2n) is 3.22. The molecule has 2 atom stereocenters. The summed E-state index contributed by atoms with van der Waals surface area (Å²) in [5.74, 6) is 0. The molecule has 0 heterocycles. The van der Waals surface area contributed by atoms with Crippen LogP contribution in [0.3, 0.4) is 0 Å². The van der Waals surface area contributed by atoms with E-state index in [-0.39, 0.29) is 12.1 Å². The lowest BCUT2D eigenvalue weighted by atomic mass is 9.98. The van der Waals surface area contributed by atoms with Crippen LogP contribution in [0, 0.1) is 0 Å². The predicted molar refractivity (Wildman–Crippen MR) is 52.1 cm³/mol. The molecule has 2 nitrogen and oxygen atoms in total. The summed E-state index contributed by atoms with van der Waals surface area (Å²) in [4.78, 5) is 0. The summed E-state index contributed by atoms with van der Waals surface area (Å²) in [7, 11) is 1.89. The maximum atomic E-state index is 9.06. The summed E-state index contributed by atoms with van der Waals surface area (Å²) < 4.78 is 0. The molecular weight excluding hydrogens is 158 g/mol. The molecule has 0 saturated heterocycles. The molecule has 0 aromatic heterocycles. The topological polar surface area (TPSA) is 32.3 Å². The monoisotopic (exact) mass is 177 g/mol. The summed E-state index contributed by atoms with van der Waals surface area (Å²) in [5, 5.41) is 12.8. The van der Waals surface area contributed by atoms with E-state index in [1.807, 2.05) is 25.7 Å². The van der Waals surface area contributed by atoms with Crippen molar-refractivity contribution in [2.45, 2.75) is 31.1 Å². The number of likely N-dealkylation sites (N-methyl/N-ethyl adjacent to an activating group) is 1. The van der Waals surface area contributed by atoms with E-state index in [1.165, 1.54) is 0 Å². The molecule has 0 aliphatic heterocycles. The van der Waals surface area contributed by atoms with Crippen LogP contribution in [0.2, 0.25) is 0 Å². The summed E-state index contributed by atoms with van der Waals surface area (Å²) in [6.45, 7) is 4.42. The van der Waals surface area contributed by atoms with E-state index in [1.54, 1.807) is 0 Å². The quantitative estimate of drug-likeness (QED) is 0.659. The number of rotatable bonds is 5. The molecule has 0 aliphatic carbocycles. The van der Waals surface area contributed by atoms with E-state index >= 15 is 0 Å². The van der Waals surface area contributed by atoms with Crippen molar-refractivity contribution >= 4 is 11.8 Å². The van der Waals surface area contributed by atoms with Crippen LogP contribution in [0.15, 0.2) is 0 Å². The largest absolute Gasteiger partial charge is 0.394 e. The van der Waals surface area contributed by atoms with Crippen LogP contribution in [-0.2, 0) is 0 Å². The van der Waals surface area contributed by atoms with Crippen LogP contribution in [0.1, 0.15) is 20.3 Å². The second-order valence-corrected chi connectivity index (χ2v) is 4.50. The minimum absolute atomic E-state index is 0.109. The van der Waals surface area contributed by atoms with Gasteiger partial charge in [-0.25, -0.2) is 0 Å². The van der Waals surface area contributed by atoms with Gasteiger partial charge in [0.25, 0.3) is 0 Å². The highest BCUT2D eigenvalue weighted by Gasteiger charge is 2.22. The Bertz CT molecular complexity index is 104. The van der Waals surface area contributed by atoms with Crippen molar-refractivity contribution in [2.75, 3.05) is 19.9 Å². The van der Waals surface area contributed by atoms with Gasteiger partial charge in [0.2, 0.25) is 0 Å². The third kappa shape index (κ3) is 3.99. The lowest BCUT2D eigenvalue weighted by molar-refractivity contribution is 0.174. The molecule has 2 unspecified atom stereocenters. The predicted octanol–water partition coefficient (Wildman–Crippen LogP) is 1.10. The lowest BCUT2D eigenvalue weighted by Crippen LogP contribution is -2.45. The first-order valence-corrected chi connectivity index (χ1v) is 5.19. The fourth-order valence-electron chi connectivity index (χ4n) is 0.963. The van der Waals surface area contributed by atoms with Gasteiger partial charge in [-0.3, -0.25) is 0 Å². The van der Waals surface area contributed by atoms with Crippen LogP contribution < -0.4 is 5.32 Å². The Balaban J connectivity index is 3.86. The van der Waals surface area contributed by atoms with Crippen molar-refractivity contribution in [1.82, 2.24) is 5.32 Å². The van der Waals surface area contributed by atoms with Crippen molar-refractivity contribution in [2.24, 2.45) is 0 Å². The van der Waals surface area contributed by atoms with Gasteiger partial charge in [0.15, 0.2) is 0 Å².